The second-order valence-corrected chi connectivity index (χ2v) is 14.9. The molecule has 11 aromatic rings. The highest BCUT2D eigenvalue weighted by Gasteiger charge is 2.30. The van der Waals surface area contributed by atoms with Gasteiger partial charge in [-0.1, -0.05) is 84.9 Å². The van der Waals surface area contributed by atoms with E-state index in [1.807, 2.05) is 101 Å². The Balaban J connectivity index is 1.33. The van der Waals surface area contributed by atoms with Crippen LogP contribution < -0.4 is 9.80 Å². The smallest absolute Gasteiger partial charge is 0.128 e. The average Bonchev–Trinajstić information content (AvgIpc) is 3.84. The van der Waals surface area contributed by atoms with Crippen LogP contribution in [-0.2, 0) is 0 Å². The standard InChI is InChI=1S/C48H27F4N3S/c49-28-21-29(50)24-35(23-28)53(32-11-3-1-4-12-32)34-19-20-39-41(27-34)55-47-43(39)37-15-7-8-16-38(37)46(45(47)44-40-17-9-10-18-42(40)56-48(44)55)54(33-13-5-2-6-14-33)36-25-30(51)22-31(52)26-36/h1-27H. The summed E-state index contributed by atoms with van der Waals surface area (Å²) < 4.78 is 63.4. The van der Waals surface area contributed by atoms with Gasteiger partial charge in [0.2, 0.25) is 0 Å². The molecule has 0 spiro atoms. The van der Waals surface area contributed by atoms with E-state index < -0.39 is 23.3 Å². The monoisotopic (exact) mass is 753 g/mol. The molecule has 0 bridgehead atoms. The van der Waals surface area contributed by atoms with Crippen molar-refractivity contribution in [2.75, 3.05) is 9.80 Å². The summed E-state index contributed by atoms with van der Waals surface area (Å²) >= 11 is 1.68. The van der Waals surface area contributed by atoms with Crippen molar-refractivity contribution in [1.29, 1.82) is 0 Å². The third kappa shape index (κ3) is 4.82. The summed E-state index contributed by atoms with van der Waals surface area (Å²) in [5.74, 6) is -2.69. The fourth-order valence-electron chi connectivity index (χ4n) is 8.54. The summed E-state index contributed by atoms with van der Waals surface area (Å²) in [5.41, 5.74) is 5.59. The number of nitrogens with zero attached hydrogens (tertiary/aromatic N) is 3. The summed E-state index contributed by atoms with van der Waals surface area (Å²) in [7, 11) is 0. The highest BCUT2D eigenvalue weighted by molar-refractivity contribution is 7.25. The SMILES string of the molecule is Fc1cc(F)cc(N(c2ccccc2)c2ccc3c4c5ccccc5c(N(c5ccccc5)c5cc(F)cc(F)c5)c5c6c7ccccc7sc6n(c3c2)c54)c1. The maximum absolute atomic E-state index is 15.2. The van der Waals surface area contributed by atoms with Gasteiger partial charge >= 0.3 is 0 Å². The van der Waals surface area contributed by atoms with E-state index in [9.17, 15) is 8.78 Å². The second kappa shape index (κ2) is 12.3. The third-order valence-corrected chi connectivity index (χ3v) is 11.8. The number of halogens is 4. The van der Waals surface area contributed by atoms with Gasteiger partial charge in [0.25, 0.3) is 0 Å². The number of aromatic nitrogens is 1. The van der Waals surface area contributed by atoms with Gasteiger partial charge in [0.05, 0.1) is 28.1 Å². The molecule has 3 nitrogen and oxygen atoms in total. The van der Waals surface area contributed by atoms with Crippen molar-refractivity contribution >= 4 is 104 Å². The summed E-state index contributed by atoms with van der Waals surface area (Å²) in [6, 6.07) is 49.0. The predicted octanol–water partition coefficient (Wildman–Crippen LogP) is 14.7. The van der Waals surface area contributed by atoms with Crippen LogP contribution in [0.5, 0.6) is 0 Å². The predicted molar refractivity (Wildman–Crippen MR) is 223 cm³/mol. The van der Waals surface area contributed by atoms with E-state index in [2.05, 4.69) is 40.8 Å². The van der Waals surface area contributed by atoms with E-state index in [0.717, 1.165) is 93.1 Å². The van der Waals surface area contributed by atoms with Gasteiger partial charge in [0.1, 0.15) is 28.1 Å². The minimum absolute atomic E-state index is 0.349. The van der Waals surface area contributed by atoms with Crippen LogP contribution in [-0.4, -0.2) is 4.40 Å². The summed E-state index contributed by atoms with van der Waals surface area (Å²) in [6.07, 6.45) is 0. The Morgan fingerprint density at radius 1 is 0.393 bits per heavy atom. The largest absolute Gasteiger partial charge is 0.310 e. The zero-order valence-corrected chi connectivity index (χ0v) is 30.2. The highest BCUT2D eigenvalue weighted by Crippen LogP contribution is 2.55. The molecular formula is C48H27F4N3S. The van der Waals surface area contributed by atoms with Gasteiger partial charge in [-0.15, -0.1) is 11.3 Å². The topological polar surface area (TPSA) is 10.9 Å². The number of hydrogen-bond acceptors (Lipinski definition) is 3. The lowest BCUT2D eigenvalue weighted by atomic mass is 9.96. The summed E-state index contributed by atoms with van der Waals surface area (Å²) in [5, 5.41) is 6.97. The van der Waals surface area contributed by atoms with Gasteiger partial charge in [0.15, 0.2) is 0 Å². The lowest BCUT2D eigenvalue weighted by Crippen LogP contribution is -2.11. The van der Waals surface area contributed by atoms with Gasteiger partial charge in [0, 0.05) is 66.2 Å². The number of para-hydroxylation sites is 2. The summed E-state index contributed by atoms with van der Waals surface area (Å²) in [4.78, 5) is 4.84. The van der Waals surface area contributed by atoms with Crippen LogP contribution in [0.2, 0.25) is 0 Å². The fourth-order valence-corrected chi connectivity index (χ4v) is 9.77. The lowest BCUT2D eigenvalue weighted by Gasteiger charge is -2.28. The minimum Gasteiger partial charge on any atom is -0.310 e. The molecule has 0 radical (unpaired) electrons. The van der Waals surface area contributed by atoms with Crippen molar-refractivity contribution in [3.8, 4) is 0 Å². The first-order valence-corrected chi connectivity index (χ1v) is 18.9. The van der Waals surface area contributed by atoms with Crippen LogP contribution in [0.25, 0.3) is 58.3 Å². The highest BCUT2D eigenvalue weighted by atomic mass is 32.1. The van der Waals surface area contributed by atoms with Crippen LogP contribution in [0.1, 0.15) is 0 Å². The molecule has 11 rings (SSSR count). The van der Waals surface area contributed by atoms with Crippen LogP contribution in [0.3, 0.4) is 0 Å². The van der Waals surface area contributed by atoms with Gasteiger partial charge < -0.3 is 9.80 Å². The maximum atomic E-state index is 15.2. The van der Waals surface area contributed by atoms with E-state index in [0.29, 0.717) is 11.4 Å². The number of benzene rings is 8. The van der Waals surface area contributed by atoms with E-state index in [4.69, 9.17) is 0 Å². The van der Waals surface area contributed by atoms with Crippen molar-refractivity contribution < 1.29 is 17.6 Å². The molecule has 0 N–H and O–H groups in total. The number of hydrogen-bond donors (Lipinski definition) is 0. The van der Waals surface area contributed by atoms with Crippen molar-refractivity contribution in [2.45, 2.75) is 0 Å². The molecule has 8 heteroatoms. The summed E-state index contributed by atoms with van der Waals surface area (Å²) in [6.45, 7) is 0. The van der Waals surface area contributed by atoms with Crippen LogP contribution in [0, 0.1) is 23.3 Å². The van der Waals surface area contributed by atoms with Crippen LogP contribution in [0.4, 0.5) is 51.7 Å². The van der Waals surface area contributed by atoms with Gasteiger partial charge in [-0.05, 0) is 72.1 Å². The van der Waals surface area contributed by atoms with E-state index in [-0.39, 0.29) is 0 Å². The lowest BCUT2D eigenvalue weighted by molar-refractivity contribution is 0.583. The first-order chi connectivity index (χ1) is 27.4. The molecular weight excluding hydrogens is 727 g/mol. The van der Waals surface area contributed by atoms with Crippen LogP contribution in [0.15, 0.2) is 164 Å². The molecule has 56 heavy (non-hydrogen) atoms. The van der Waals surface area contributed by atoms with E-state index >= 15 is 8.78 Å². The van der Waals surface area contributed by atoms with E-state index in [1.165, 1.54) is 24.3 Å². The molecule has 0 atom stereocenters. The molecule has 0 unspecified atom stereocenters. The van der Waals surface area contributed by atoms with Crippen molar-refractivity contribution in [3.05, 3.63) is 187 Å². The molecule has 3 aromatic heterocycles. The maximum Gasteiger partial charge on any atom is 0.128 e. The normalized spacial score (nSPS) is 11.9. The first kappa shape index (κ1) is 32.5. The average molecular weight is 754 g/mol. The van der Waals surface area contributed by atoms with Crippen LogP contribution >= 0.6 is 11.3 Å². The molecule has 0 fully saturated rings. The number of anilines is 6. The number of fused-ring (bicyclic) bond motifs is 10. The first-order valence-electron chi connectivity index (χ1n) is 18.1. The Morgan fingerprint density at radius 3 is 1.57 bits per heavy atom. The second-order valence-electron chi connectivity index (χ2n) is 13.9. The molecule has 0 aliphatic carbocycles. The fraction of sp³-hybridized carbons (Fsp3) is 0. The molecule has 0 amide bonds. The van der Waals surface area contributed by atoms with Crippen molar-refractivity contribution in [2.24, 2.45) is 0 Å². The van der Waals surface area contributed by atoms with Gasteiger partial charge in [-0.25, -0.2) is 17.6 Å². The molecule has 268 valence electrons. The number of thiophene rings is 1. The van der Waals surface area contributed by atoms with Gasteiger partial charge in [-0.2, -0.15) is 0 Å². The molecule has 8 aromatic carbocycles. The molecule has 0 aliphatic heterocycles. The molecule has 0 aliphatic rings. The number of rotatable bonds is 6. The molecule has 0 saturated heterocycles. The molecule has 0 saturated carbocycles. The zero-order chi connectivity index (χ0) is 37.7. The van der Waals surface area contributed by atoms with E-state index in [1.54, 1.807) is 11.3 Å². The Bertz CT molecular complexity index is 3280. The molecule has 3 heterocycles. The quantitative estimate of drug-likeness (QED) is 0.157. The Morgan fingerprint density at radius 2 is 0.929 bits per heavy atom. The van der Waals surface area contributed by atoms with Crippen molar-refractivity contribution in [3.63, 3.8) is 0 Å². The Labute approximate surface area is 321 Å². The zero-order valence-electron chi connectivity index (χ0n) is 29.4. The third-order valence-electron chi connectivity index (χ3n) is 10.6. The minimum atomic E-state index is -0.674. The van der Waals surface area contributed by atoms with Crippen molar-refractivity contribution in [1.82, 2.24) is 4.40 Å². The Kier molecular flexibility index (Phi) is 7.15. The Hall–Kier alpha value is -6.90. The van der Waals surface area contributed by atoms with Gasteiger partial charge in [-0.3, -0.25) is 4.40 Å².